The Morgan fingerprint density at radius 2 is 2.21 bits per heavy atom. The molecule has 0 spiro atoms. The van der Waals surface area contributed by atoms with Crippen LogP contribution in [-0.2, 0) is 4.79 Å². The number of carbonyl (C=O) groups is 1. The van der Waals surface area contributed by atoms with Gasteiger partial charge in [0.1, 0.15) is 0 Å². The van der Waals surface area contributed by atoms with Crippen molar-refractivity contribution >= 4 is 18.3 Å². The highest BCUT2D eigenvalue weighted by atomic mass is 35.5. The molecule has 2 rings (SSSR count). The smallest absolute Gasteiger partial charge is 0.227 e. The van der Waals surface area contributed by atoms with Crippen molar-refractivity contribution < 1.29 is 4.79 Å². The Balaban J connectivity index is 0.00000180. The average Bonchev–Trinajstić information content (AvgIpc) is 2.89. The van der Waals surface area contributed by atoms with E-state index in [1.807, 2.05) is 19.1 Å². The van der Waals surface area contributed by atoms with Crippen LogP contribution in [0.3, 0.4) is 0 Å². The van der Waals surface area contributed by atoms with E-state index in [2.05, 4.69) is 10.3 Å². The van der Waals surface area contributed by atoms with Gasteiger partial charge in [0, 0.05) is 18.9 Å². The average molecular weight is 284 g/mol. The highest BCUT2D eigenvalue weighted by Crippen LogP contribution is 2.37. The molecule has 5 heteroatoms. The van der Waals surface area contributed by atoms with Crippen LogP contribution < -0.4 is 11.1 Å². The lowest BCUT2D eigenvalue weighted by molar-refractivity contribution is -0.131. The van der Waals surface area contributed by atoms with E-state index in [9.17, 15) is 4.79 Å². The quantitative estimate of drug-likeness (QED) is 0.890. The van der Waals surface area contributed by atoms with Crippen LogP contribution in [0, 0.1) is 5.41 Å². The molecule has 1 unspecified atom stereocenters. The number of rotatable bonds is 4. The van der Waals surface area contributed by atoms with E-state index < -0.39 is 0 Å². The van der Waals surface area contributed by atoms with Crippen LogP contribution in [0.5, 0.6) is 0 Å². The number of hydrogen-bond acceptors (Lipinski definition) is 3. The van der Waals surface area contributed by atoms with Crippen molar-refractivity contribution in [2.75, 3.05) is 6.54 Å². The van der Waals surface area contributed by atoms with Gasteiger partial charge < -0.3 is 11.1 Å². The Morgan fingerprint density at radius 1 is 1.53 bits per heavy atom. The zero-order valence-corrected chi connectivity index (χ0v) is 12.1. The molecular weight excluding hydrogens is 262 g/mol. The topological polar surface area (TPSA) is 68.0 Å². The largest absolute Gasteiger partial charge is 0.349 e. The molecule has 1 fully saturated rings. The van der Waals surface area contributed by atoms with E-state index in [1.54, 1.807) is 12.4 Å². The summed E-state index contributed by atoms with van der Waals surface area (Å²) in [6.45, 7) is 2.42. The van der Waals surface area contributed by atoms with E-state index in [4.69, 9.17) is 5.73 Å². The lowest BCUT2D eigenvalue weighted by atomic mass is 9.85. The summed E-state index contributed by atoms with van der Waals surface area (Å²) >= 11 is 0. The van der Waals surface area contributed by atoms with Crippen molar-refractivity contribution in [3.63, 3.8) is 0 Å². The fourth-order valence-electron chi connectivity index (χ4n) is 2.64. The molecule has 1 atom stereocenters. The van der Waals surface area contributed by atoms with Crippen molar-refractivity contribution in [3.8, 4) is 0 Å². The minimum Gasteiger partial charge on any atom is -0.349 e. The van der Waals surface area contributed by atoms with E-state index in [0.29, 0.717) is 6.54 Å². The van der Waals surface area contributed by atoms with Crippen molar-refractivity contribution in [2.45, 2.75) is 38.6 Å². The monoisotopic (exact) mass is 283 g/mol. The van der Waals surface area contributed by atoms with Crippen molar-refractivity contribution in [2.24, 2.45) is 11.1 Å². The fourth-order valence-corrected chi connectivity index (χ4v) is 2.64. The number of carbonyl (C=O) groups excluding carboxylic acids is 1. The van der Waals surface area contributed by atoms with Gasteiger partial charge in [-0.05, 0) is 31.4 Å². The first-order valence-corrected chi connectivity index (χ1v) is 6.59. The van der Waals surface area contributed by atoms with Crippen LogP contribution in [0.4, 0.5) is 0 Å². The van der Waals surface area contributed by atoms with Gasteiger partial charge in [0.25, 0.3) is 0 Å². The second kappa shape index (κ2) is 6.87. The number of nitrogens with two attached hydrogens (primary N) is 1. The summed E-state index contributed by atoms with van der Waals surface area (Å²) in [6.07, 6.45) is 7.55. The highest BCUT2D eigenvalue weighted by molar-refractivity contribution is 5.85. The molecule has 0 aromatic carbocycles. The third-order valence-corrected chi connectivity index (χ3v) is 3.97. The molecule has 0 bridgehead atoms. The van der Waals surface area contributed by atoms with E-state index in [1.165, 1.54) is 0 Å². The van der Waals surface area contributed by atoms with Crippen molar-refractivity contribution in [1.29, 1.82) is 0 Å². The summed E-state index contributed by atoms with van der Waals surface area (Å²) < 4.78 is 0. The number of amides is 1. The van der Waals surface area contributed by atoms with Gasteiger partial charge >= 0.3 is 0 Å². The molecule has 1 amide bonds. The Kier molecular flexibility index (Phi) is 5.76. The number of hydrogen-bond donors (Lipinski definition) is 2. The third-order valence-electron chi connectivity index (χ3n) is 3.97. The number of aromatic nitrogens is 1. The Hall–Kier alpha value is -1.13. The normalized spacial score (nSPS) is 18.4. The van der Waals surface area contributed by atoms with Crippen LogP contribution in [0.25, 0.3) is 0 Å². The zero-order chi connectivity index (χ0) is 13.0. The zero-order valence-electron chi connectivity index (χ0n) is 11.3. The summed E-state index contributed by atoms with van der Waals surface area (Å²) in [5, 5.41) is 3.07. The molecule has 1 aromatic rings. The van der Waals surface area contributed by atoms with E-state index >= 15 is 0 Å². The molecule has 19 heavy (non-hydrogen) atoms. The molecule has 0 aliphatic heterocycles. The molecule has 1 saturated carbocycles. The molecule has 106 valence electrons. The molecule has 1 aliphatic rings. The van der Waals surface area contributed by atoms with Gasteiger partial charge in [-0.3, -0.25) is 9.78 Å². The molecule has 4 nitrogen and oxygen atoms in total. The Morgan fingerprint density at radius 3 is 2.74 bits per heavy atom. The Bertz CT molecular complexity index is 404. The fraction of sp³-hybridized carbons (Fsp3) is 0.571. The number of pyridine rings is 1. The lowest BCUT2D eigenvalue weighted by Crippen LogP contribution is -2.44. The predicted octanol–water partition coefficient (Wildman–Crippen LogP) is 2.20. The Labute approximate surface area is 120 Å². The van der Waals surface area contributed by atoms with Gasteiger partial charge in [0.2, 0.25) is 5.91 Å². The lowest BCUT2D eigenvalue weighted by Gasteiger charge is -2.28. The van der Waals surface area contributed by atoms with Crippen LogP contribution in [0.15, 0.2) is 24.5 Å². The minimum atomic E-state index is -0.337. The highest BCUT2D eigenvalue weighted by Gasteiger charge is 2.40. The molecule has 1 aliphatic carbocycles. The van der Waals surface area contributed by atoms with E-state index in [-0.39, 0.29) is 29.8 Å². The summed E-state index contributed by atoms with van der Waals surface area (Å²) in [5.74, 6) is 0.0962. The standard InChI is InChI=1S/C14H21N3O.ClH/c1-11(12-5-4-8-16-9-12)17-13(18)14(10-15)6-2-3-7-14;/h4-5,8-9,11H,2-3,6-7,10,15H2,1H3,(H,17,18);1H. The summed E-state index contributed by atoms with van der Waals surface area (Å²) in [6, 6.07) is 3.84. The van der Waals surface area contributed by atoms with Crippen molar-refractivity contribution in [1.82, 2.24) is 10.3 Å². The first-order chi connectivity index (χ1) is 8.68. The molecule has 1 aromatic heterocycles. The maximum atomic E-state index is 12.4. The van der Waals surface area contributed by atoms with E-state index in [0.717, 1.165) is 31.2 Å². The van der Waals surface area contributed by atoms with Crippen molar-refractivity contribution in [3.05, 3.63) is 30.1 Å². The third kappa shape index (κ3) is 3.45. The first-order valence-electron chi connectivity index (χ1n) is 6.59. The molecule has 1 heterocycles. The van der Waals surface area contributed by atoms with Gasteiger partial charge in [-0.2, -0.15) is 0 Å². The van der Waals surface area contributed by atoms with Gasteiger partial charge in [-0.1, -0.05) is 18.9 Å². The summed E-state index contributed by atoms with van der Waals surface area (Å²) in [4.78, 5) is 16.4. The first kappa shape index (κ1) is 15.9. The number of nitrogens with zero attached hydrogens (tertiary/aromatic N) is 1. The number of nitrogens with one attached hydrogen (secondary N) is 1. The SMILES string of the molecule is CC(NC(=O)C1(CN)CCCC1)c1cccnc1.Cl. The molecule has 0 saturated heterocycles. The maximum absolute atomic E-state index is 12.4. The van der Waals surface area contributed by atoms with Crippen LogP contribution >= 0.6 is 12.4 Å². The van der Waals surface area contributed by atoms with Gasteiger partial charge in [0.05, 0.1) is 11.5 Å². The van der Waals surface area contributed by atoms with Crippen LogP contribution in [0.2, 0.25) is 0 Å². The minimum absolute atomic E-state index is 0. The second-order valence-electron chi connectivity index (χ2n) is 5.17. The summed E-state index contributed by atoms with van der Waals surface area (Å²) in [7, 11) is 0. The molecular formula is C14H22ClN3O. The van der Waals surface area contributed by atoms with Crippen LogP contribution in [-0.4, -0.2) is 17.4 Å². The molecule has 0 radical (unpaired) electrons. The van der Waals surface area contributed by atoms with Gasteiger partial charge in [-0.15, -0.1) is 12.4 Å². The summed E-state index contributed by atoms with van der Waals surface area (Å²) in [5.41, 5.74) is 6.50. The second-order valence-corrected chi connectivity index (χ2v) is 5.17. The maximum Gasteiger partial charge on any atom is 0.227 e. The number of halogens is 1. The predicted molar refractivity (Wildman–Crippen MR) is 78.0 cm³/mol. The van der Waals surface area contributed by atoms with Crippen LogP contribution in [0.1, 0.15) is 44.2 Å². The van der Waals surface area contributed by atoms with Gasteiger partial charge in [0.15, 0.2) is 0 Å². The van der Waals surface area contributed by atoms with Gasteiger partial charge in [-0.25, -0.2) is 0 Å². The molecule has 3 N–H and O–H groups in total.